The summed E-state index contributed by atoms with van der Waals surface area (Å²) in [5.74, 6) is 2.39. The Hall–Kier alpha value is -2.84. The van der Waals surface area contributed by atoms with Gasteiger partial charge in [0, 0.05) is 36.4 Å². The third-order valence-electron chi connectivity index (χ3n) is 5.42. The van der Waals surface area contributed by atoms with Crippen LogP contribution in [0.5, 0.6) is 0 Å². The van der Waals surface area contributed by atoms with Crippen molar-refractivity contribution in [3.63, 3.8) is 0 Å². The highest BCUT2D eigenvalue weighted by Gasteiger charge is 2.21. The summed E-state index contributed by atoms with van der Waals surface area (Å²) in [6, 6.07) is 10.1. The maximum Gasteiger partial charge on any atom is 0.145 e. The molecule has 1 aliphatic rings. The molecule has 0 unspecified atom stereocenters. The number of nitrogens with zero attached hydrogens (tertiary/aromatic N) is 6. The highest BCUT2D eigenvalue weighted by Crippen LogP contribution is 2.31. The molecule has 4 aromatic rings. The molecule has 1 saturated heterocycles. The molecular weight excluding hydrogens is 382 g/mol. The molecule has 0 amide bonds. The molecular formula is C21H23N7S. The number of aryl methyl sites for hydroxylation is 1. The maximum absolute atomic E-state index is 6.14. The summed E-state index contributed by atoms with van der Waals surface area (Å²) in [6.45, 7) is 6.61. The van der Waals surface area contributed by atoms with Gasteiger partial charge in [-0.05, 0) is 24.6 Å². The van der Waals surface area contributed by atoms with Crippen molar-refractivity contribution in [3.8, 4) is 0 Å². The Labute approximate surface area is 173 Å². The van der Waals surface area contributed by atoms with Crippen LogP contribution in [-0.4, -0.2) is 51.0 Å². The molecule has 148 valence electrons. The van der Waals surface area contributed by atoms with Gasteiger partial charge in [-0.2, -0.15) is 0 Å². The fourth-order valence-electron chi connectivity index (χ4n) is 3.86. The first-order chi connectivity index (χ1) is 14.2. The number of rotatable bonds is 4. The van der Waals surface area contributed by atoms with E-state index in [1.54, 1.807) is 17.7 Å². The van der Waals surface area contributed by atoms with Gasteiger partial charge in [0.15, 0.2) is 0 Å². The van der Waals surface area contributed by atoms with Crippen molar-refractivity contribution in [3.05, 3.63) is 47.4 Å². The first kappa shape index (κ1) is 18.2. The molecule has 0 radical (unpaired) electrons. The van der Waals surface area contributed by atoms with Crippen LogP contribution in [0.4, 0.5) is 11.6 Å². The molecule has 4 heterocycles. The molecule has 0 bridgehead atoms. The van der Waals surface area contributed by atoms with Crippen molar-refractivity contribution in [2.24, 2.45) is 0 Å². The maximum atomic E-state index is 6.14. The van der Waals surface area contributed by atoms with Crippen LogP contribution >= 0.6 is 11.3 Å². The Morgan fingerprint density at radius 1 is 1.03 bits per heavy atom. The van der Waals surface area contributed by atoms with E-state index in [2.05, 4.69) is 37.7 Å². The van der Waals surface area contributed by atoms with Gasteiger partial charge in [-0.15, -0.1) is 11.3 Å². The molecule has 7 nitrogen and oxygen atoms in total. The summed E-state index contributed by atoms with van der Waals surface area (Å²) in [6.07, 6.45) is 2.72. The van der Waals surface area contributed by atoms with E-state index >= 15 is 0 Å². The topological polar surface area (TPSA) is 84.1 Å². The molecule has 29 heavy (non-hydrogen) atoms. The second-order valence-corrected chi connectivity index (χ2v) is 8.40. The van der Waals surface area contributed by atoms with E-state index in [-0.39, 0.29) is 0 Å². The second kappa shape index (κ2) is 7.53. The van der Waals surface area contributed by atoms with Crippen LogP contribution in [0.3, 0.4) is 0 Å². The number of aromatic nitrogens is 4. The predicted octanol–water partition coefficient (Wildman–Crippen LogP) is 3.10. The average molecular weight is 406 g/mol. The summed E-state index contributed by atoms with van der Waals surface area (Å²) in [4.78, 5) is 25.4. The molecule has 3 aromatic heterocycles. The van der Waals surface area contributed by atoms with Gasteiger partial charge < -0.3 is 10.6 Å². The lowest BCUT2D eigenvalue weighted by molar-refractivity contribution is 0.244. The number of hydrogen-bond acceptors (Lipinski definition) is 8. The van der Waals surface area contributed by atoms with E-state index in [1.165, 1.54) is 10.3 Å². The zero-order valence-corrected chi connectivity index (χ0v) is 17.2. The zero-order valence-electron chi connectivity index (χ0n) is 16.4. The number of benzene rings is 1. The van der Waals surface area contributed by atoms with E-state index in [0.29, 0.717) is 12.4 Å². The third kappa shape index (κ3) is 3.49. The third-order valence-corrected chi connectivity index (χ3v) is 6.61. The lowest BCUT2D eigenvalue weighted by Gasteiger charge is -2.35. The number of nitrogens with two attached hydrogens (primary N) is 1. The van der Waals surface area contributed by atoms with E-state index in [4.69, 9.17) is 10.7 Å². The van der Waals surface area contributed by atoms with E-state index in [1.807, 2.05) is 24.3 Å². The molecule has 5 rings (SSSR count). The SMILES string of the molecule is CCc1cc2c(N3CCN(Cc4nc(N)c5ccccc5n4)CC3)ncnc2s1. The summed E-state index contributed by atoms with van der Waals surface area (Å²) in [7, 11) is 0. The fourth-order valence-corrected chi connectivity index (χ4v) is 4.79. The summed E-state index contributed by atoms with van der Waals surface area (Å²) < 4.78 is 0. The molecule has 0 atom stereocenters. The van der Waals surface area contributed by atoms with Crippen LogP contribution < -0.4 is 10.6 Å². The van der Waals surface area contributed by atoms with E-state index in [9.17, 15) is 0 Å². The molecule has 0 spiro atoms. The van der Waals surface area contributed by atoms with Crippen LogP contribution in [0.15, 0.2) is 36.7 Å². The highest BCUT2D eigenvalue weighted by molar-refractivity contribution is 7.18. The van der Waals surface area contributed by atoms with Gasteiger partial charge in [-0.1, -0.05) is 19.1 Å². The lowest BCUT2D eigenvalue weighted by Crippen LogP contribution is -2.46. The fraction of sp³-hybridized carbons (Fsp3) is 0.333. The molecule has 0 saturated carbocycles. The van der Waals surface area contributed by atoms with Crippen LogP contribution in [0, 0.1) is 0 Å². The van der Waals surface area contributed by atoms with Gasteiger partial charge in [0.05, 0.1) is 17.4 Å². The van der Waals surface area contributed by atoms with Gasteiger partial charge >= 0.3 is 0 Å². The monoisotopic (exact) mass is 405 g/mol. The lowest BCUT2D eigenvalue weighted by atomic mass is 10.2. The van der Waals surface area contributed by atoms with Gasteiger partial charge in [0.25, 0.3) is 0 Å². The zero-order chi connectivity index (χ0) is 19.8. The molecule has 8 heteroatoms. The van der Waals surface area contributed by atoms with Crippen LogP contribution in [0.2, 0.25) is 0 Å². The summed E-state index contributed by atoms with van der Waals surface area (Å²) in [5.41, 5.74) is 7.04. The molecule has 0 aliphatic carbocycles. The van der Waals surface area contributed by atoms with Crippen LogP contribution in [0.1, 0.15) is 17.6 Å². The van der Waals surface area contributed by atoms with Crippen molar-refractivity contribution in [2.45, 2.75) is 19.9 Å². The van der Waals surface area contributed by atoms with Crippen molar-refractivity contribution >= 4 is 44.1 Å². The first-order valence-electron chi connectivity index (χ1n) is 9.93. The van der Waals surface area contributed by atoms with Gasteiger partial charge in [0.2, 0.25) is 0 Å². The highest BCUT2D eigenvalue weighted by atomic mass is 32.1. The molecule has 1 aliphatic heterocycles. The Morgan fingerprint density at radius 2 is 1.86 bits per heavy atom. The largest absolute Gasteiger partial charge is 0.383 e. The molecule has 1 fully saturated rings. The smallest absolute Gasteiger partial charge is 0.145 e. The van der Waals surface area contributed by atoms with E-state index in [0.717, 1.165) is 60.0 Å². The number of para-hydroxylation sites is 1. The van der Waals surface area contributed by atoms with Crippen molar-refractivity contribution < 1.29 is 0 Å². The van der Waals surface area contributed by atoms with Crippen LogP contribution in [-0.2, 0) is 13.0 Å². The predicted molar refractivity (Wildman–Crippen MR) is 118 cm³/mol. The van der Waals surface area contributed by atoms with Crippen molar-refractivity contribution in [2.75, 3.05) is 36.8 Å². The van der Waals surface area contributed by atoms with Crippen molar-refractivity contribution in [1.82, 2.24) is 24.8 Å². The average Bonchev–Trinajstić information content (AvgIpc) is 3.18. The Balaban J connectivity index is 1.30. The standard InChI is InChI=1S/C21H23N7S/c1-2-14-11-16-20(23-13-24-21(16)29-14)28-9-7-27(8-10-28)12-18-25-17-6-4-3-5-15(17)19(22)26-18/h3-6,11,13H,2,7-10,12H2,1H3,(H2,22,25,26). The van der Waals surface area contributed by atoms with E-state index < -0.39 is 0 Å². The quantitative estimate of drug-likeness (QED) is 0.558. The van der Waals surface area contributed by atoms with Gasteiger partial charge in [0.1, 0.15) is 28.6 Å². The minimum atomic E-state index is 0.553. The van der Waals surface area contributed by atoms with Crippen LogP contribution in [0.25, 0.3) is 21.1 Å². The minimum Gasteiger partial charge on any atom is -0.383 e. The number of thiophene rings is 1. The number of nitrogen functional groups attached to an aromatic ring is 1. The number of fused-ring (bicyclic) bond motifs is 2. The summed E-state index contributed by atoms with van der Waals surface area (Å²) >= 11 is 1.76. The molecule has 1 aromatic carbocycles. The number of piperazine rings is 1. The summed E-state index contributed by atoms with van der Waals surface area (Å²) in [5, 5.41) is 2.09. The first-order valence-corrected chi connectivity index (χ1v) is 10.7. The Bertz CT molecular complexity index is 1160. The van der Waals surface area contributed by atoms with Gasteiger partial charge in [-0.3, -0.25) is 4.90 Å². The minimum absolute atomic E-state index is 0.553. The normalized spacial score (nSPS) is 15.4. The Kier molecular flexibility index (Phi) is 4.73. The van der Waals surface area contributed by atoms with Gasteiger partial charge in [-0.25, -0.2) is 19.9 Å². The Morgan fingerprint density at radius 3 is 2.69 bits per heavy atom. The molecule has 2 N–H and O–H groups in total. The second-order valence-electron chi connectivity index (χ2n) is 7.29. The number of hydrogen-bond donors (Lipinski definition) is 1. The van der Waals surface area contributed by atoms with Crippen molar-refractivity contribution in [1.29, 1.82) is 0 Å². The number of anilines is 2.